The highest BCUT2D eigenvalue weighted by atomic mass is 14.9. The zero-order valence-electron chi connectivity index (χ0n) is 24.8. The smallest absolute Gasteiger partial charge is 0.131 e. The molecule has 0 fully saturated rings. The van der Waals surface area contributed by atoms with Crippen LogP contribution in [0.4, 0.5) is 5.69 Å². The molecule has 0 aromatic heterocycles. The zero-order chi connectivity index (χ0) is 30.1. The van der Waals surface area contributed by atoms with E-state index in [-0.39, 0.29) is 0 Å². The fourth-order valence-electron chi connectivity index (χ4n) is 5.41. The van der Waals surface area contributed by atoms with E-state index >= 15 is 0 Å². The van der Waals surface area contributed by atoms with Crippen LogP contribution in [0.2, 0.25) is 0 Å². The number of aliphatic imine (C=N–C) groups is 1. The first-order chi connectivity index (χ1) is 21.7. The van der Waals surface area contributed by atoms with Crippen LogP contribution in [0.25, 0.3) is 22.8 Å². The Hall–Kier alpha value is -5.73. The standard InChI is InChI=1S/C42H34N2/c1-31-26-28-36(29-27-31)42(43)44-39-25-15-14-24-37(39)40(34-20-10-4-11-21-34)41(35-22-12-5-13-23-35)38(33-18-8-3-9-19-33)30-32-16-6-2-7-17-32/h2-30H,1H3,(H2,43,44)/b38-30?,41-40+. The van der Waals surface area contributed by atoms with Crippen molar-refractivity contribution in [3.8, 4) is 0 Å². The molecule has 212 valence electrons. The summed E-state index contributed by atoms with van der Waals surface area (Å²) in [5.41, 5.74) is 18.3. The third kappa shape index (κ3) is 6.51. The van der Waals surface area contributed by atoms with Gasteiger partial charge in [0, 0.05) is 11.1 Å². The van der Waals surface area contributed by atoms with E-state index in [4.69, 9.17) is 10.7 Å². The first-order valence-corrected chi connectivity index (χ1v) is 14.9. The van der Waals surface area contributed by atoms with Crippen LogP contribution < -0.4 is 5.73 Å². The molecule has 0 saturated carbocycles. The molecule has 2 N–H and O–H groups in total. The molecule has 0 aliphatic carbocycles. The molecular formula is C42H34N2. The van der Waals surface area contributed by atoms with E-state index in [2.05, 4.69) is 159 Å². The van der Waals surface area contributed by atoms with E-state index < -0.39 is 0 Å². The number of rotatable bonds is 8. The molecule has 44 heavy (non-hydrogen) atoms. The highest BCUT2D eigenvalue weighted by molar-refractivity contribution is 6.22. The van der Waals surface area contributed by atoms with Gasteiger partial charge in [0.15, 0.2) is 0 Å². The Balaban J connectivity index is 1.71. The number of amidine groups is 1. The van der Waals surface area contributed by atoms with Gasteiger partial charge in [0.05, 0.1) is 5.69 Å². The van der Waals surface area contributed by atoms with E-state index in [0.29, 0.717) is 5.84 Å². The minimum Gasteiger partial charge on any atom is -0.383 e. The molecule has 6 aromatic carbocycles. The Bertz CT molecular complexity index is 1920. The minimum absolute atomic E-state index is 0.481. The fourth-order valence-corrected chi connectivity index (χ4v) is 5.41. The van der Waals surface area contributed by atoms with Gasteiger partial charge < -0.3 is 5.73 Å². The van der Waals surface area contributed by atoms with Gasteiger partial charge in [0.1, 0.15) is 5.84 Å². The van der Waals surface area contributed by atoms with Crippen molar-refractivity contribution in [3.63, 3.8) is 0 Å². The second kappa shape index (κ2) is 13.5. The van der Waals surface area contributed by atoms with Gasteiger partial charge >= 0.3 is 0 Å². The molecule has 0 saturated heterocycles. The van der Waals surface area contributed by atoms with Gasteiger partial charge in [-0.2, -0.15) is 0 Å². The molecule has 0 unspecified atom stereocenters. The first-order valence-electron chi connectivity index (χ1n) is 14.9. The van der Waals surface area contributed by atoms with Crippen molar-refractivity contribution in [2.75, 3.05) is 0 Å². The van der Waals surface area contributed by atoms with E-state index in [9.17, 15) is 0 Å². The van der Waals surface area contributed by atoms with Crippen molar-refractivity contribution >= 4 is 34.3 Å². The fraction of sp³-hybridized carbons (Fsp3) is 0.0238. The van der Waals surface area contributed by atoms with Crippen LogP contribution in [-0.4, -0.2) is 5.84 Å². The minimum atomic E-state index is 0.481. The topological polar surface area (TPSA) is 38.4 Å². The van der Waals surface area contributed by atoms with Gasteiger partial charge in [-0.25, -0.2) is 4.99 Å². The third-order valence-electron chi connectivity index (χ3n) is 7.60. The molecule has 0 amide bonds. The number of hydrogen-bond donors (Lipinski definition) is 1. The Labute approximate surface area is 260 Å². The number of benzene rings is 6. The zero-order valence-corrected chi connectivity index (χ0v) is 24.8. The molecule has 2 heteroatoms. The second-order valence-electron chi connectivity index (χ2n) is 10.7. The van der Waals surface area contributed by atoms with Crippen molar-refractivity contribution < 1.29 is 0 Å². The average molecular weight is 567 g/mol. The normalized spacial score (nSPS) is 12.5. The Morgan fingerprint density at radius 1 is 0.500 bits per heavy atom. The number of aryl methyl sites for hydroxylation is 1. The molecule has 0 aliphatic heterocycles. The maximum atomic E-state index is 6.65. The molecule has 0 heterocycles. The number of para-hydroxylation sites is 1. The average Bonchev–Trinajstić information content (AvgIpc) is 3.09. The second-order valence-corrected chi connectivity index (χ2v) is 10.7. The number of hydrogen-bond acceptors (Lipinski definition) is 1. The lowest BCUT2D eigenvalue weighted by Crippen LogP contribution is -2.12. The van der Waals surface area contributed by atoms with E-state index in [1.807, 2.05) is 24.3 Å². The monoisotopic (exact) mass is 566 g/mol. The van der Waals surface area contributed by atoms with Crippen molar-refractivity contribution in [3.05, 3.63) is 209 Å². The Kier molecular flexibility index (Phi) is 8.71. The van der Waals surface area contributed by atoms with Crippen LogP contribution >= 0.6 is 0 Å². The van der Waals surface area contributed by atoms with E-state index in [1.165, 1.54) is 5.56 Å². The van der Waals surface area contributed by atoms with Gasteiger partial charge in [0.25, 0.3) is 0 Å². The molecule has 0 aliphatic rings. The summed E-state index contributed by atoms with van der Waals surface area (Å²) in [7, 11) is 0. The summed E-state index contributed by atoms with van der Waals surface area (Å²) in [5.74, 6) is 0.481. The largest absolute Gasteiger partial charge is 0.383 e. The summed E-state index contributed by atoms with van der Waals surface area (Å²) in [4.78, 5) is 5.04. The quantitative estimate of drug-likeness (QED) is 0.0846. The Morgan fingerprint density at radius 3 is 1.61 bits per heavy atom. The van der Waals surface area contributed by atoms with Crippen LogP contribution in [-0.2, 0) is 0 Å². The van der Waals surface area contributed by atoms with Crippen LogP contribution in [0.5, 0.6) is 0 Å². The van der Waals surface area contributed by atoms with Crippen molar-refractivity contribution in [2.24, 2.45) is 10.7 Å². The third-order valence-corrected chi connectivity index (χ3v) is 7.60. The summed E-state index contributed by atoms with van der Waals surface area (Å²) in [5, 5.41) is 0. The summed E-state index contributed by atoms with van der Waals surface area (Å²) >= 11 is 0. The number of allylic oxidation sites excluding steroid dienone is 2. The van der Waals surface area contributed by atoms with Gasteiger partial charge in [-0.05, 0) is 58.0 Å². The molecule has 6 aromatic rings. The lowest BCUT2D eigenvalue weighted by molar-refractivity contribution is 1.40. The molecule has 0 atom stereocenters. The summed E-state index contributed by atoms with van der Waals surface area (Å²) in [6.45, 7) is 2.07. The van der Waals surface area contributed by atoms with Crippen LogP contribution in [0, 0.1) is 6.92 Å². The van der Waals surface area contributed by atoms with Gasteiger partial charge in [0.2, 0.25) is 0 Å². The number of nitrogens with zero attached hydrogens (tertiary/aromatic N) is 1. The van der Waals surface area contributed by atoms with Crippen LogP contribution in [0.3, 0.4) is 0 Å². The molecule has 2 nitrogen and oxygen atoms in total. The summed E-state index contributed by atoms with van der Waals surface area (Å²) < 4.78 is 0. The SMILES string of the molecule is Cc1ccc(C(N)=Nc2ccccc2/C(=C(/C(=Cc2ccccc2)c2ccccc2)c2ccccc2)c2ccccc2)cc1. The van der Waals surface area contributed by atoms with Crippen LogP contribution in [0.15, 0.2) is 175 Å². The van der Waals surface area contributed by atoms with Crippen molar-refractivity contribution in [1.29, 1.82) is 0 Å². The molecule has 0 spiro atoms. The predicted molar refractivity (Wildman–Crippen MR) is 188 cm³/mol. The van der Waals surface area contributed by atoms with Gasteiger partial charge in [-0.1, -0.05) is 169 Å². The molecular weight excluding hydrogens is 532 g/mol. The Morgan fingerprint density at radius 2 is 1.00 bits per heavy atom. The highest BCUT2D eigenvalue weighted by Crippen LogP contribution is 2.44. The van der Waals surface area contributed by atoms with E-state index in [1.54, 1.807) is 0 Å². The molecule has 0 bridgehead atoms. The van der Waals surface area contributed by atoms with Gasteiger partial charge in [-0.15, -0.1) is 0 Å². The van der Waals surface area contributed by atoms with Gasteiger partial charge in [-0.3, -0.25) is 0 Å². The van der Waals surface area contributed by atoms with Crippen molar-refractivity contribution in [2.45, 2.75) is 6.92 Å². The first kappa shape index (κ1) is 28.4. The van der Waals surface area contributed by atoms with Crippen molar-refractivity contribution in [1.82, 2.24) is 0 Å². The van der Waals surface area contributed by atoms with Crippen LogP contribution in [0.1, 0.15) is 38.9 Å². The van der Waals surface area contributed by atoms with E-state index in [0.717, 1.165) is 55.8 Å². The molecule has 0 radical (unpaired) electrons. The lowest BCUT2D eigenvalue weighted by atomic mass is 9.82. The summed E-state index contributed by atoms with van der Waals surface area (Å²) in [6.07, 6.45) is 2.28. The maximum absolute atomic E-state index is 6.65. The number of nitrogens with two attached hydrogens (primary N) is 1. The lowest BCUT2D eigenvalue weighted by Gasteiger charge is -2.22. The summed E-state index contributed by atoms with van der Waals surface area (Å²) in [6, 6.07) is 58.8. The maximum Gasteiger partial charge on any atom is 0.131 e. The predicted octanol–water partition coefficient (Wildman–Crippen LogP) is 10.2. The molecule has 6 rings (SSSR count). The highest BCUT2D eigenvalue weighted by Gasteiger charge is 2.21.